The first-order chi connectivity index (χ1) is 13.3. The molecule has 1 aliphatic carbocycles. The van der Waals surface area contributed by atoms with Gasteiger partial charge in [0.05, 0.1) is 6.04 Å². The molecule has 5 heteroatoms. The molecule has 3 aliphatic rings. The van der Waals surface area contributed by atoms with E-state index in [4.69, 9.17) is 4.98 Å². The second kappa shape index (κ2) is 7.04. The number of hydrogen-bond acceptors (Lipinski definition) is 4. The van der Waals surface area contributed by atoms with Crippen LogP contribution in [-0.2, 0) is 25.8 Å². The lowest BCUT2D eigenvalue weighted by molar-refractivity contribution is 0.0729. The first-order valence-electron chi connectivity index (χ1n) is 10.3. The number of aryl methyl sites for hydroxylation is 2. The third-order valence-electron chi connectivity index (χ3n) is 6.23. The van der Waals surface area contributed by atoms with E-state index in [-0.39, 0.29) is 11.9 Å². The molecule has 27 heavy (non-hydrogen) atoms. The highest BCUT2D eigenvalue weighted by Crippen LogP contribution is 2.32. The summed E-state index contributed by atoms with van der Waals surface area (Å²) in [5, 5.41) is 3.36. The van der Waals surface area contributed by atoms with E-state index in [0.29, 0.717) is 0 Å². The Balaban J connectivity index is 1.41. The van der Waals surface area contributed by atoms with Crippen LogP contribution in [-0.4, -0.2) is 33.9 Å². The molecule has 2 aliphatic heterocycles. The number of hydrogen-bond donors (Lipinski definition) is 1. The minimum absolute atomic E-state index is 0.00807. The standard InChI is InChI=1S/C22H26N4O/c27-22(17-8-7-15-4-1-2-5-16(15)12-17)26-11-3-6-20(26)21-24-14-18-13-23-10-9-19(18)25-21/h7-8,12,14,20,23H,1-6,9-11,13H2/t20-/m1/s1. The van der Waals surface area contributed by atoms with Gasteiger partial charge >= 0.3 is 0 Å². The van der Waals surface area contributed by atoms with Gasteiger partial charge in [-0.1, -0.05) is 6.07 Å². The molecular formula is C22H26N4O. The zero-order chi connectivity index (χ0) is 18.2. The predicted octanol–water partition coefficient (Wildman–Crippen LogP) is 2.98. The quantitative estimate of drug-likeness (QED) is 0.892. The average molecular weight is 362 g/mol. The molecule has 1 atom stereocenters. The van der Waals surface area contributed by atoms with Crippen LogP contribution in [0.25, 0.3) is 0 Å². The van der Waals surface area contributed by atoms with Crippen molar-refractivity contribution in [3.05, 3.63) is 58.2 Å². The molecule has 3 heterocycles. The summed E-state index contributed by atoms with van der Waals surface area (Å²) in [6.45, 7) is 2.60. The highest BCUT2D eigenvalue weighted by Gasteiger charge is 2.33. The van der Waals surface area contributed by atoms with Crippen LogP contribution in [0.1, 0.15) is 70.3 Å². The number of likely N-dealkylation sites (tertiary alicyclic amines) is 1. The molecule has 1 aromatic carbocycles. The lowest BCUT2D eigenvalue weighted by Gasteiger charge is -2.26. The van der Waals surface area contributed by atoms with Gasteiger partial charge in [-0.3, -0.25) is 4.79 Å². The highest BCUT2D eigenvalue weighted by atomic mass is 16.2. The number of nitrogens with one attached hydrogen (secondary N) is 1. The molecule has 2 aromatic rings. The Morgan fingerprint density at radius 1 is 1.07 bits per heavy atom. The van der Waals surface area contributed by atoms with E-state index < -0.39 is 0 Å². The number of rotatable bonds is 2. The summed E-state index contributed by atoms with van der Waals surface area (Å²) in [5.41, 5.74) is 5.94. The molecule has 0 saturated carbocycles. The van der Waals surface area contributed by atoms with Gasteiger partial charge in [-0.05, 0) is 61.8 Å². The van der Waals surface area contributed by atoms with Gasteiger partial charge in [0.15, 0.2) is 5.82 Å². The maximum atomic E-state index is 13.3. The summed E-state index contributed by atoms with van der Waals surface area (Å²) in [6, 6.07) is 6.32. The van der Waals surface area contributed by atoms with Gasteiger partial charge in [-0.2, -0.15) is 0 Å². The SMILES string of the molecule is O=C(c1ccc2c(c1)CCCC2)N1CCC[C@@H]1c1ncc2c(n1)CCNC2. The van der Waals surface area contributed by atoms with E-state index in [9.17, 15) is 4.79 Å². The molecule has 0 unspecified atom stereocenters. The molecule has 1 aromatic heterocycles. The van der Waals surface area contributed by atoms with Crippen molar-refractivity contribution in [2.75, 3.05) is 13.1 Å². The summed E-state index contributed by atoms with van der Waals surface area (Å²) in [6.07, 6.45) is 9.60. The monoisotopic (exact) mass is 362 g/mol. The van der Waals surface area contributed by atoms with Crippen molar-refractivity contribution in [2.24, 2.45) is 0 Å². The van der Waals surface area contributed by atoms with Crippen molar-refractivity contribution in [1.82, 2.24) is 20.2 Å². The second-order valence-corrected chi connectivity index (χ2v) is 7.97. The van der Waals surface area contributed by atoms with Gasteiger partial charge in [-0.15, -0.1) is 0 Å². The van der Waals surface area contributed by atoms with E-state index in [1.54, 1.807) is 0 Å². The van der Waals surface area contributed by atoms with Gasteiger partial charge in [0.25, 0.3) is 5.91 Å². The molecule has 5 rings (SSSR count). The number of nitrogens with zero attached hydrogens (tertiary/aromatic N) is 3. The lowest BCUT2D eigenvalue weighted by Crippen LogP contribution is -2.32. The van der Waals surface area contributed by atoms with E-state index in [1.807, 2.05) is 17.2 Å². The molecule has 1 saturated heterocycles. The molecule has 1 amide bonds. The van der Waals surface area contributed by atoms with Crippen LogP contribution in [0.5, 0.6) is 0 Å². The average Bonchev–Trinajstić information content (AvgIpc) is 3.22. The molecule has 1 N–H and O–H groups in total. The van der Waals surface area contributed by atoms with Crippen molar-refractivity contribution < 1.29 is 4.79 Å². The third-order valence-corrected chi connectivity index (χ3v) is 6.23. The molecular weight excluding hydrogens is 336 g/mol. The predicted molar refractivity (Wildman–Crippen MR) is 104 cm³/mol. The number of aromatic nitrogens is 2. The molecule has 0 bridgehead atoms. The smallest absolute Gasteiger partial charge is 0.254 e. The number of benzene rings is 1. The van der Waals surface area contributed by atoms with Crippen molar-refractivity contribution in [3.63, 3.8) is 0 Å². The lowest BCUT2D eigenvalue weighted by atomic mass is 9.90. The fourth-order valence-corrected chi connectivity index (χ4v) is 4.72. The maximum absolute atomic E-state index is 13.3. The molecule has 0 radical (unpaired) electrons. The van der Waals surface area contributed by atoms with Crippen LogP contribution in [0.15, 0.2) is 24.4 Å². The Labute approximate surface area is 160 Å². The molecule has 0 spiro atoms. The first-order valence-corrected chi connectivity index (χ1v) is 10.3. The minimum atomic E-state index is 0.00807. The Kier molecular flexibility index (Phi) is 4.40. The van der Waals surface area contributed by atoms with Crippen LogP contribution < -0.4 is 5.32 Å². The van der Waals surface area contributed by atoms with Crippen molar-refractivity contribution in [1.29, 1.82) is 0 Å². The normalized spacial score (nSPS) is 21.6. The van der Waals surface area contributed by atoms with Crippen molar-refractivity contribution in [3.8, 4) is 0 Å². The van der Waals surface area contributed by atoms with Gasteiger partial charge in [-0.25, -0.2) is 9.97 Å². The third kappa shape index (κ3) is 3.14. The second-order valence-electron chi connectivity index (χ2n) is 7.97. The van der Waals surface area contributed by atoms with Gasteiger partial charge < -0.3 is 10.2 Å². The van der Waals surface area contributed by atoms with Crippen LogP contribution in [0.2, 0.25) is 0 Å². The van der Waals surface area contributed by atoms with E-state index in [1.165, 1.54) is 29.5 Å². The molecule has 1 fully saturated rings. The van der Waals surface area contributed by atoms with Crippen LogP contribution in [0.4, 0.5) is 0 Å². The molecule has 5 nitrogen and oxygen atoms in total. The van der Waals surface area contributed by atoms with Crippen molar-refractivity contribution in [2.45, 2.75) is 57.5 Å². The van der Waals surface area contributed by atoms with Crippen molar-refractivity contribution >= 4 is 5.91 Å². The van der Waals surface area contributed by atoms with Gasteiger partial charge in [0.2, 0.25) is 0 Å². The van der Waals surface area contributed by atoms with Gasteiger partial charge in [0.1, 0.15) is 0 Å². The number of carbonyl (C=O) groups is 1. The summed E-state index contributed by atoms with van der Waals surface area (Å²) in [4.78, 5) is 24.7. The number of fused-ring (bicyclic) bond motifs is 2. The summed E-state index contributed by atoms with van der Waals surface area (Å²) in [5.74, 6) is 0.952. The Morgan fingerprint density at radius 3 is 2.89 bits per heavy atom. The number of amides is 1. The summed E-state index contributed by atoms with van der Waals surface area (Å²) < 4.78 is 0. The zero-order valence-corrected chi connectivity index (χ0v) is 15.7. The minimum Gasteiger partial charge on any atom is -0.328 e. The van der Waals surface area contributed by atoms with E-state index in [2.05, 4.69) is 22.4 Å². The van der Waals surface area contributed by atoms with Crippen LogP contribution in [0.3, 0.4) is 0 Å². The topological polar surface area (TPSA) is 58.1 Å². The Morgan fingerprint density at radius 2 is 1.96 bits per heavy atom. The van der Waals surface area contributed by atoms with E-state index in [0.717, 1.165) is 68.8 Å². The van der Waals surface area contributed by atoms with Crippen LogP contribution >= 0.6 is 0 Å². The summed E-state index contributed by atoms with van der Waals surface area (Å²) in [7, 11) is 0. The maximum Gasteiger partial charge on any atom is 0.254 e. The largest absolute Gasteiger partial charge is 0.328 e. The Hall–Kier alpha value is -2.27. The summed E-state index contributed by atoms with van der Waals surface area (Å²) >= 11 is 0. The van der Waals surface area contributed by atoms with Gasteiger partial charge in [0, 0.05) is 49.1 Å². The first kappa shape index (κ1) is 16.9. The highest BCUT2D eigenvalue weighted by molar-refractivity contribution is 5.95. The Bertz CT molecular complexity index is 879. The fourth-order valence-electron chi connectivity index (χ4n) is 4.72. The fraction of sp³-hybridized carbons (Fsp3) is 0.500. The zero-order valence-electron chi connectivity index (χ0n) is 15.7. The number of carbonyl (C=O) groups excluding carboxylic acids is 1. The van der Waals surface area contributed by atoms with E-state index >= 15 is 0 Å². The van der Waals surface area contributed by atoms with Crippen LogP contribution in [0, 0.1) is 0 Å². The molecule has 140 valence electrons.